The number of rotatable bonds is 10. The van der Waals surface area contributed by atoms with Crippen molar-refractivity contribution in [3.63, 3.8) is 0 Å². The molecule has 210 valence electrons. The van der Waals surface area contributed by atoms with Gasteiger partial charge in [-0.3, -0.25) is 4.79 Å². The first kappa shape index (κ1) is 28.2. The monoisotopic (exact) mass is 538 g/mol. The molecule has 39 heavy (non-hydrogen) atoms. The Morgan fingerprint density at radius 2 is 1.87 bits per heavy atom. The first-order valence-electron chi connectivity index (χ1n) is 13.6. The highest BCUT2D eigenvalue weighted by molar-refractivity contribution is 5.87. The van der Waals surface area contributed by atoms with Gasteiger partial charge in [0, 0.05) is 30.6 Å². The van der Waals surface area contributed by atoms with Crippen molar-refractivity contribution in [1.82, 2.24) is 20.2 Å². The number of oxazole rings is 1. The SMILES string of the molecule is Cc1oc([C@@H](Cc2cn(C)c3ccccc23)NC(=O)C(CC(C)C)NC(=O)OC2CCCCC2)nc1C(=O)O. The highest BCUT2D eigenvalue weighted by atomic mass is 16.6. The summed E-state index contributed by atoms with van der Waals surface area (Å²) in [4.78, 5) is 42.2. The van der Waals surface area contributed by atoms with Gasteiger partial charge in [0.05, 0.1) is 0 Å². The van der Waals surface area contributed by atoms with Crippen molar-refractivity contribution in [1.29, 1.82) is 0 Å². The molecule has 1 aromatic carbocycles. The summed E-state index contributed by atoms with van der Waals surface area (Å²) in [5, 5.41) is 16.3. The van der Waals surface area contributed by atoms with Crippen LogP contribution in [0.2, 0.25) is 0 Å². The van der Waals surface area contributed by atoms with E-state index < -0.39 is 30.1 Å². The van der Waals surface area contributed by atoms with Crippen LogP contribution in [0.1, 0.15) is 86.1 Å². The second kappa shape index (κ2) is 12.4. The summed E-state index contributed by atoms with van der Waals surface area (Å²) in [5.74, 6) is -1.25. The molecule has 2 atom stereocenters. The van der Waals surface area contributed by atoms with Gasteiger partial charge in [-0.25, -0.2) is 14.6 Å². The number of aromatic carboxylic acids is 1. The predicted octanol–water partition coefficient (Wildman–Crippen LogP) is 5.05. The Morgan fingerprint density at radius 1 is 1.15 bits per heavy atom. The standard InChI is InChI=1S/C29H38N4O6/c1-17(2)14-22(31-29(37)39-20-10-6-5-7-11-20)26(34)30-23(27-32-25(28(35)36)18(3)38-27)15-19-16-33(4)24-13-9-8-12-21(19)24/h8-9,12-13,16-17,20,22-23H,5-7,10-11,14-15H2,1-4H3,(H,30,34)(H,31,37)(H,35,36)/t22?,23-/m1/s1. The molecule has 10 heteroatoms. The molecule has 1 fully saturated rings. The molecule has 10 nitrogen and oxygen atoms in total. The maximum atomic E-state index is 13.6. The van der Waals surface area contributed by atoms with Gasteiger partial charge in [0.25, 0.3) is 0 Å². The van der Waals surface area contributed by atoms with Gasteiger partial charge in [-0.2, -0.15) is 0 Å². The fraction of sp³-hybridized carbons (Fsp3) is 0.517. The van der Waals surface area contributed by atoms with Crippen LogP contribution in [-0.4, -0.2) is 44.8 Å². The lowest BCUT2D eigenvalue weighted by molar-refractivity contribution is -0.124. The maximum absolute atomic E-state index is 13.6. The van der Waals surface area contributed by atoms with E-state index >= 15 is 0 Å². The minimum absolute atomic E-state index is 0.0965. The molecule has 0 saturated heterocycles. The molecular weight excluding hydrogens is 500 g/mol. The molecule has 0 bridgehead atoms. The predicted molar refractivity (Wildman–Crippen MR) is 145 cm³/mol. The lowest BCUT2D eigenvalue weighted by atomic mass is 9.98. The zero-order chi connectivity index (χ0) is 28.1. The molecule has 1 aliphatic carbocycles. The highest BCUT2D eigenvalue weighted by Crippen LogP contribution is 2.27. The largest absolute Gasteiger partial charge is 0.476 e. The van der Waals surface area contributed by atoms with E-state index in [0.717, 1.165) is 48.6 Å². The highest BCUT2D eigenvalue weighted by Gasteiger charge is 2.30. The Labute approximate surface area is 228 Å². The fourth-order valence-electron chi connectivity index (χ4n) is 5.26. The Kier molecular flexibility index (Phi) is 8.93. The van der Waals surface area contributed by atoms with Gasteiger partial charge in [0.15, 0.2) is 5.69 Å². The molecule has 0 spiro atoms. The number of nitrogens with zero attached hydrogens (tertiary/aromatic N) is 2. The lowest BCUT2D eigenvalue weighted by Crippen LogP contribution is -2.49. The summed E-state index contributed by atoms with van der Waals surface area (Å²) < 4.78 is 13.4. The number of aromatic nitrogens is 2. The molecular formula is C29H38N4O6. The van der Waals surface area contributed by atoms with Gasteiger partial charge in [-0.05, 0) is 56.6 Å². The number of carboxylic acids is 1. The quantitative estimate of drug-likeness (QED) is 0.329. The lowest BCUT2D eigenvalue weighted by Gasteiger charge is -2.26. The van der Waals surface area contributed by atoms with Crippen molar-refractivity contribution >= 4 is 28.9 Å². The average molecular weight is 539 g/mol. The van der Waals surface area contributed by atoms with Crippen LogP contribution in [0, 0.1) is 12.8 Å². The van der Waals surface area contributed by atoms with Crippen LogP contribution >= 0.6 is 0 Å². The van der Waals surface area contributed by atoms with Gasteiger partial charge in [-0.1, -0.05) is 38.5 Å². The van der Waals surface area contributed by atoms with E-state index in [1.165, 1.54) is 6.92 Å². The zero-order valence-corrected chi connectivity index (χ0v) is 23.0. The normalized spacial score (nSPS) is 15.7. The second-order valence-electron chi connectivity index (χ2n) is 10.8. The summed E-state index contributed by atoms with van der Waals surface area (Å²) in [6.07, 6.45) is 6.80. The summed E-state index contributed by atoms with van der Waals surface area (Å²) in [6.45, 7) is 5.47. The number of aryl methyl sites for hydroxylation is 2. The molecule has 4 rings (SSSR count). The van der Waals surface area contributed by atoms with Crippen molar-refractivity contribution in [2.24, 2.45) is 13.0 Å². The summed E-state index contributed by atoms with van der Waals surface area (Å²) in [6, 6.07) is 6.29. The van der Waals surface area contributed by atoms with Crippen LogP contribution in [0.5, 0.6) is 0 Å². The van der Waals surface area contributed by atoms with Crippen molar-refractivity contribution in [3.8, 4) is 0 Å². The third-order valence-corrected chi connectivity index (χ3v) is 7.18. The molecule has 1 saturated carbocycles. The van der Waals surface area contributed by atoms with Gasteiger partial charge in [0.1, 0.15) is 23.9 Å². The number of hydrogen-bond donors (Lipinski definition) is 3. The number of para-hydroxylation sites is 1. The van der Waals surface area contributed by atoms with Crippen LogP contribution in [0.3, 0.4) is 0 Å². The topological polar surface area (TPSA) is 136 Å². The van der Waals surface area contributed by atoms with E-state index in [9.17, 15) is 19.5 Å². The van der Waals surface area contributed by atoms with E-state index in [1.54, 1.807) is 0 Å². The van der Waals surface area contributed by atoms with E-state index in [0.29, 0.717) is 12.8 Å². The molecule has 1 unspecified atom stereocenters. The number of hydrogen-bond acceptors (Lipinski definition) is 6. The fourth-order valence-corrected chi connectivity index (χ4v) is 5.26. The van der Waals surface area contributed by atoms with E-state index in [2.05, 4.69) is 15.6 Å². The van der Waals surface area contributed by atoms with Gasteiger partial charge >= 0.3 is 12.1 Å². The van der Waals surface area contributed by atoms with Gasteiger partial charge in [0.2, 0.25) is 11.8 Å². The number of ether oxygens (including phenoxy) is 1. The average Bonchev–Trinajstić information content (AvgIpc) is 3.43. The zero-order valence-electron chi connectivity index (χ0n) is 23.0. The Morgan fingerprint density at radius 3 is 2.54 bits per heavy atom. The smallest absolute Gasteiger partial charge is 0.408 e. The molecule has 3 N–H and O–H groups in total. The van der Waals surface area contributed by atoms with Crippen LogP contribution in [0.4, 0.5) is 4.79 Å². The molecule has 1 aliphatic rings. The number of alkyl carbamates (subject to hydrolysis) is 1. The first-order valence-corrected chi connectivity index (χ1v) is 13.6. The van der Waals surface area contributed by atoms with Crippen LogP contribution < -0.4 is 10.6 Å². The van der Waals surface area contributed by atoms with E-state index in [1.807, 2.05) is 55.9 Å². The summed E-state index contributed by atoms with van der Waals surface area (Å²) in [5.41, 5.74) is 1.77. The number of carbonyl (C=O) groups is 3. The van der Waals surface area contributed by atoms with Gasteiger partial charge < -0.3 is 29.5 Å². The molecule has 3 aromatic rings. The third kappa shape index (κ3) is 6.99. The molecule has 2 amide bonds. The van der Waals surface area contributed by atoms with Crippen LogP contribution in [0.15, 0.2) is 34.9 Å². The Hall–Kier alpha value is -3.82. The minimum Gasteiger partial charge on any atom is -0.476 e. The maximum Gasteiger partial charge on any atom is 0.408 e. The van der Waals surface area contributed by atoms with Crippen LogP contribution in [-0.2, 0) is 23.0 Å². The first-order chi connectivity index (χ1) is 18.6. The summed E-state index contributed by atoms with van der Waals surface area (Å²) >= 11 is 0. The molecule has 2 aromatic heterocycles. The number of carboxylic acid groups (broad SMARTS) is 1. The number of fused-ring (bicyclic) bond motifs is 1. The van der Waals surface area contributed by atoms with Crippen molar-refractivity contribution < 1.29 is 28.6 Å². The molecule has 2 heterocycles. The Bertz CT molecular complexity index is 1320. The van der Waals surface area contributed by atoms with Crippen molar-refractivity contribution in [3.05, 3.63) is 53.4 Å². The number of benzene rings is 1. The summed E-state index contributed by atoms with van der Waals surface area (Å²) in [7, 11) is 1.94. The van der Waals surface area contributed by atoms with Gasteiger partial charge in [-0.15, -0.1) is 0 Å². The minimum atomic E-state index is -1.21. The number of nitrogens with one attached hydrogen (secondary N) is 2. The van der Waals surface area contributed by atoms with Crippen molar-refractivity contribution in [2.75, 3.05) is 0 Å². The second-order valence-corrected chi connectivity index (χ2v) is 10.8. The number of carbonyl (C=O) groups excluding carboxylic acids is 2. The van der Waals surface area contributed by atoms with E-state index in [-0.39, 0.29) is 29.4 Å². The number of amides is 2. The third-order valence-electron chi connectivity index (χ3n) is 7.18. The van der Waals surface area contributed by atoms with Crippen molar-refractivity contribution in [2.45, 2.75) is 83.9 Å². The molecule has 0 aliphatic heterocycles. The Balaban J connectivity index is 1.58. The van der Waals surface area contributed by atoms with Crippen LogP contribution in [0.25, 0.3) is 10.9 Å². The van der Waals surface area contributed by atoms with E-state index in [4.69, 9.17) is 9.15 Å². The molecule has 0 radical (unpaired) electrons.